The first kappa shape index (κ1) is 20.8. The smallest absolute Gasteiger partial charge is 0.418 e. The van der Waals surface area contributed by atoms with Crippen LogP contribution in [0.5, 0.6) is 5.75 Å². The highest BCUT2D eigenvalue weighted by molar-refractivity contribution is 6.05. The van der Waals surface area contributed by atoms with Crippen LogP contribution in [0.3, 0.4) is 0 Å². The molecular formula is C20H22F3NO3. The number of rotatable bonds is 8. The molecule has 0 heterocycles. The van der Waals surface area contributed by atoms with Crippen LogP contribution in [0.25, 0.3) is 0 Å². The Morgan fingerprint density at radius 2 is 1.85 bits per heavy atom. The molecule has 4 nitrogen and oxygen atoms in total. The molecule has 146 valence electrons. The van der Waals surface area contributed by atoms with Gasteiger partial charge in [0.05, 0.1) is 24.5 Å². The Kier molecular flexibility index (Phi) is 7.24. The Labute approximate surface area is 156 Å². The van der Waals surface area contributed by atoms with Gasteiger partial charge < -0.3 is 14.8 Å². The van der Waals surface area contributed by atoms with Gasteiger partial charge in [0.15, 0.2) is 0 Å². The van der Waals surface area contributed by atoms with Gasteiger partial charge in [-0.3, -0.25) is 4.79 Å². The van der Waals surface area contributed by atoms with Crippen LogP contribution >= 0.6 is 0 Å². The van der Waals surface area contributed by atoms with Crippen molar-refractivity contribution in [3.63, 3.8) is 0 Å². The number of benzene rings is 2. The van der Waals surface area contributed by atoms with Crippen molar-refractivity contribution in [2.45, 2.75) is 33.1 Å². The number of hydrogen-bond acceptors (Lipinski definition) is 3. The van der Waals surface area contributed by atoms with E-state index in [0.717, 1.165) is 12.5 Å². The summed E-state index contributed by atoms with van der Waals surface area (Å²) in [6.45, 7) is 5.08. The highest BCUT2D eigenvalue weighted by atomic mass is 19.4. The summed E-state index contributed by atoms with van der Waals surface area (Å²) in [5.41, 5.74) is -0.281. The van der Waals surface area contributed by atoms with Gasteiger partial charge in [0.1, 0.15) is 5.75 Å². The lowest BCUT2D eigenvalue weighted by Gasteiger charge is -2.15. The molecule has 0 radical (unpaired) electrons. The van der Waals surface area contributed by atoms with E-state index in [2.05, 4.69) is 5.32 Å². The van der Waals surface area contributed by atoms with E-state index in [1.807, 2.05) is 13.8 Å². The molecule has 7 heteroatoms. The summed E-state index contributed by atoms with van der Waals surface area (Å²) in [7, 11) is 0. The third kappa shape index (κ3) is 5.72. The molecular weight excluding hydrogens is 359 g/mol. The van der Waals surface area contributed by atoms with Crippen molar-refractivity contribution < 1.29 is 27.4 Å². The lowest BCUT2D eigenvalue weighted by molar-refractivity contribution is -0.136. The van der Waals surface area contributed by atoms with Gasteiger partial charge in [-0.1, -0.05) is 19.1 Å². The Bertz CT molecular complexity index is 775. The van der Waals surface area contributed by atoms with Crippen molar-refractivity contribution in [3.05, 3.63) is 59.2 Å². The van der Waals surface area contributed by atoms with Crippen LogP contribution in [-0.2, 0) is 17.5 Å². The van der Waals surface area contributed by atoms with Crippen LogP contribution < -0.4 is 10.1 Å². The summed E-state index contributed by atoms with van der Waals surface area (Å²) in [6.07, 6.45) is -3.71. The molecule has 0 fully saturated rings. The van der Waals surface area contributed by atoms with Gasteiger partial charge in [0.25, 0.3) is 5.91 Å². The van der Waals surface area contributed by atoms with Gasteiger partial charge in [-0.15, -0.1) is 0 Å². The first-order valence-electron chi connectivity index (χ1n) is 8.67. The summed E-state index contributed by atoms with van der Waals surface area (Å²) < 4.78 is 50.3. The average Bonchev–Trinajstić information content (AvgIpc) is 2.63. The summed E-state index contributed by atoms with van der Waals surface area (Å²) >= 11 is 0. The molecule has 0 atom stereocenters. The lowest BCUT2D eigenvalue weighted by atomic mass is 10.1. The second-order valence-electron chi connectivity index (χ2n) is 5.81. The molecule has 0 aromatic heterocycles. The van der Waals surface area contributed by atoms with Crippen molar-refractivity contribution >= 4 is 11.6 Å². The molecule has 1 N–H and O–H groups in total. The maximum atomic E-state index is 13.1. The van der Waals surface area contributed by atoms with Gasteiger partial charge in [0.2, 0.25) is 0 Å². The predicted molar refractivity (Wildman–Crippen MR) is 97.0 cm³/mol. The van der Waals surface area contributed by atoms with E-state index < -0.39 is 17.6 Å². The summed E-state index contributed by atoms with van der Waals surface area (Å²) in [6, 6.07) is 9.58. The highest BCUT2D eigenvalue weighted by Crippen LogP contribution is 2.34. The largest absolute Gasteiger partial charge is 0.494 e. The minimum Gasteiger partial charge on any atom is -0.494 e. The zero-order chi connectivity index (χ0) is 19.9. The number of hydrogen-bond donors (Lipinski definition) is 1. The van der Waals surface area contributed by atoms with Crippen molar-refractivity contribution in [3.8, 4) is 5.75 Å². The van der Waals surface area contributed by atoms with Crippen LogP contribution in [0.4, 0.5) is 18.9 Å². The monoisotopic (exact) mass is 381 g/mol. The molecule has 0 spiro atoms. The van der Waals surface area contributed by atoms with Crippen LogP contribution in [0.15, 0.2) is 42.5 Å². The zero-order valence-corrected chi connectivity index (χ0v) is 15.2. The zero-order valence-electron chi connectivity index (χ0n) is 15.2. The van der Waals surface area contributed by atoms with Gasteiger partial charge in [-0.2, -0.15) is 13.2 Å². The van der Waals surface area contributed by atoms with Crippen molar-refractivity contribution in [1.29, 1.82) is 0 Å². The molecule has 0 saturated carbocycles. The number of anilines is 1. The summed E-state index contributed by atoms with van der Waals surface area (Å²) in [4.78, 5) is 12.5. The van der Waals surface area contributed by atoms with Crippen LogP contribution in [0.2, 0.25) is 0 Å². The third-order valence-corrected chi connectivity index (χ3v) is 3.71. The standard InChI is InChI=1S/C20H22F3NO3/c1-3-11-26-13-15-12-14(9-10-18(15)27-4-2)19(25)24-17-8-6-5-7-16(17)20(21,22)23/h5-10,12H,3-4,11,13H2,1-2H3,(H,24,25). The summed E-state index contributed by atoms with van der Waals surface area (Å²) in [5, 5.41) is 2.34. The fourth-order valence-corrected chi connectivity index (χ4v) is 2.49. The topological polar surface area (TPSA) is 47.6 Å². The van der Waals surface area contributed by atoms with E-state index in [1.165, 1.54) is 24.3 Å². The summed E-state index contributed by atoms with van der Waals surface area (Å²) in [5.74, 6) is -0.0488. The molecule has 0 aliphatic heterocycles. The first-order valence-corrected chi connectivity index (χ1v) is 8.67. The van der Waals surface area contributed by atoms with Crippen molar-refractivity contribution in [2.24, 2.45) is 0 Å². The number of carbonyl (C=O) groups is 1. The van der Waals surface area contributed by atoms with Gasteiger partial charge in [-0.05, 0) is 43.7 Å². The minimum atomic E-state index is -4.55. The average molecular weight is 381 g/mol. The Morgan fingerprint density at radius 3 is 2.52 bits per heavy atom. The van der Waals surface area contributed by atoms with Crippen molar-refractivity contribution in [1.82, 2.24) is 0 Å². The molecule has 0 aliphatic rings. The normalized spacial score (nSPS) is 11.3. The van der Waals surface area contributed by atoms with E-state index >= 15 is 0 Å². The molecule has 0 aliphatic carbocycles. The Morgan fingerprint density at radius 1 is 1.11 bits per heavy atom. The molecule has 0 bridgehead atoms. The molecule has 2 rings (SSSR count). The minimum absolute atomic E-state index is 0.227. The molecule has 2 aromatic carbocycles. The van der Waals surface area contributed by atoms with Gasteiger partial charge >= 0.3 is 6.18 Å². The SMILES string of the molecule is CCCOCc1cc(C(=O)Nc2ccccc2C(F)(F)F)ccc1OCC. The van der Waals surface area contributed by atoms with E-state index in [9.17, 15) is 18.0 Å². The van der Waals surface area contributed by atoms with Gasteiger partial charge in [0, 0.05) is 17.7 Å². The maximum Gasteiger partial charge on any atom is 0.418 e. The molecule has 27 heavy (non-hydrogen) atoms. The number of carbonyl (C=O) groups excluding carboxylic acids is 1. The number of alkyl halides is 3. The highest BCUT2D eigenvalue weighted by Gasteiger charge is 2.33. The predicted octanol–water partition coefficient (Wildman–Crippen LogP) is 5.28. The number of amides is 1. The molecule has 0 saturated heterocycles. The first-order chi connectivity index (χ1) is 12.9. The van der Waals surface area contributed by atoms with E-state index in [0.29, 0.717) is 24.5 Å². The van der Waals surface area contributed by atoms with E-state index in [4.69, 9.17) is 9.47 Å². The van der Waals surface area contributed by atoms with Gasteiger partial charge in [-0.25, -0.2) is 0 Å². The van der Waals surface area contributed by atoms with E-state index in [-0.39, 0.29) is 17.9 Å². The molecule has 1 amide bonds. The van der Waals surface area contributed by atoms with Crippen molar-refractivity contribution in [2.75, 3.05) is 18.5 Å². The molecule has 2 aromatic rings. The van der Waals surface area contributed by atoms with Crippen LogP contribution in [0, 0.1) is 0 Å². The van der Waals surface area contributed by atoms with E-state index in [1.54, 1.807) is 12.1 Å². The second-order valence-corrected chi connectivity index (χ2v) is 5.81. The second kappa shape index (κ2) is 9.41. The lowest BCUT2D eigenvalue weighted by Crippen LogP contribution is -2.17. The van der Waals surface area contributed by atoms with Crippen LogP contribution in [-0.4, -0.2) is 19.1 Å². The number of nitrogens with one attached hydrogen (secondary N) is 1. The fourth-order valence-electron chi connectivity index (χ4n) is 2.49. The van der Waals surface area contributed by atoms with Crippen LogP contribution in [0.1, 0.15) is 41.8 Å². The fraction of sp³-hybridized carbons (Fsp3) is 0.350. The quantitative estimate of drug-likeness (QED) is 0.633. The Balaban J connectivity index is 2.25. The maximum absolute atomic E-state index is 13.1. The number of halogens is 3. The Hall–Kier alpha value is -2.54. The number of para-hydroxylation sites is 1. The molecule has 0 unspecified atom stereocenters. The third-order valence-electron chi connectivity index (χ3n) is 3.71. The number of ether oxygens (including phenoxy) is 2.